The van der Waals surface area contributed by atoms with Gasteiger partial charge in [-0.05, 0) is 36.2 Å². The molecular weight excluding hydrogens is 496 g/mol. The minimum absolute atomic E-state index is 0.000785. The maximum Gasteiger partial charge on any atom is 0.330 e. The number of phenolic OH excluding ortho intramolecular Hbond substituents is 1. The van der Waals surface area contributed by atoms with E-state index in [1.807, 2.05) is 11.6 Å². The summed E-state index contributed by atoms with van der Waals surface area (Å²) in [7, 11) is -8.03. The van der Waals surface area contributed by atoms with Gasteiger partial charge in [-0.25, -0.2) is 22.2 Å². The first-order valence-corrected chi connectivity index (χ1v) is 13.8. The largest absolute Gasteiger partial charge is 0.506 e. The highest BCUT2D eigenvalue weighted by atomic mass is 32.2. The second kappa shape index (κ2) is 10.5. The van der Waals surface area contributed by atoms with Crippen LogP contribution < -0.4 is 19.1 Å². The van der Waals surface area contributed by atoms with Gasteiger partial charge >= 0.3 is 10.2 Å². The molecule has 13 heteroatoms. The van der Waals surface area contributed by atoms with E-state index in [1.54, 1.807) is 31.2 Å². The zero-order valence-corrected chi connectivity index (χ0v) is 20.8. The number of hydrogen-bond donors (Lipinski definition) is 5. The van der Waals surface area contributed by atoms with Crippen LogP contribution in [0.15, 0.2) is 65.5 Å². The number of anilines is 1. The van der Waals surface area contributed by atoms with E-state index in [2.05, 4.69) is 10.0 Å². The van der Waals surface area contributed by atoms with Gasteiger partial charge in [0.05, 0.1) is 11.1 Å². The Morgan fingerprint density at radius 1 is 1.11 bits per heavy atom. The Morgan fingerprint density at radius 2 is 1.80 bits per heavy atom. The van der Waals surface area contributed by atoms with E-state index >= 15 is 0 Å². The quantitative estimate of drug-likeness (QED) is 0.316. The molecule has 190 valence electrons. The lowest BCUT2D eigenvalue weighted by Gasteiger charge is -2.28. The summed E-state index contributed by atoms with van der Waals surface area (Å²) in [4.78, 5) is 12.0. The third-order valence-corrected chi connectivity index (χ3v) is 8.32. The monoisotopic (exact) mass is 524 g/mol. The van der Waals surface area contributed by atoms with E-state index in [0.29, 0.717) is 16.3 Å². The molecule has 0 radical (unpaired) electrons. The zero-order valence-electron chi connectivity index (χ0n) is 19.2. The molecular formula is C22H28N4O7S2. The van der Waals surface area contributed by atoms with Crippen LogP contribution in [0.2, 0.25) is 0 Å². The third kappa shape index (κ3) is 6.05. The number of aromatic hydroxyl groups is 1. The number of nitrogens with zero attached hydrogens (tertiary/aromatic N) is 1. The predicted molar refractivity (Wildman–Crippen MR) is 130 cm³/mol. The lowest BCUT2D eigenvalue weighted by molar-refractivity contribution is -0.120. The molecule has 3 rings (SSSR count). The number of carbonyl (C=O) groups is 1. The van der Waals surface area contributed by atoms with E-state index in [0.717, 1.165) is 6.20 Å². The maximum absolute atomic E-state index is 13.0. The number of hydrogen-bond acceptors (Lipinski definition) is 7. The van der Waals surface area contributed by atoms with Crippen molar-refractivity contribution in [1.29, 1.82) is 0 Å². The van der Waals surface area contributed by atoms with Crippen molar-refractivity contribution >= 4 is 31.8 Å². The van der Waals surface area contributed by atoms with E-state index in [9.17, 15) is 31.8 Å². The van der Waals surface area contributed by atoms with Crippen molar-refractivity contribution < 1.29 is 31.8 Å². The van der Waals surface area contributed by atoms with Gasteiger partial charge < -0.3 is 15.5 Å². The lowest BCUT2D eigenvalue weighted by Crippen LogP contribution is -2.46. The van der Waals surface area contributed by atoms with Crippen molar-refractivity contribution in [3.05, 3.63) is 66.2 Å². The highest BCUT2D eigenvalue weighted by molar-refractivity contribution is 7.91. The maximum atomic E-state index is 13.0. The van der Waals surface area contributed by atoms with Gasteiger partial charge in [-0.1, -0.05) is 38.1 Å². The van der Waals surface area contributed by atoms with Crippen molar-refractivity contribution in [2.75, 3.05) is 10.8 Å². The molecule has 35 heavy (non-hydrogen) atoms. The average Bonchev–Trinajstić information content (AvgIpc) is 3.09. The van der Waals surface area contributed by atoms with Crippen LogP contribution >= 0.6 is 0 Å². The molecule has 1 heterocycles. The lowest BCUT2D eigenvalue weighted by atomic mass is 9.89. The summed E-state index contributed by atoms with van der Waals surface area (Å²) in [6.07, 6.45) is 1.58. The number of carbonyl (C=O) groups excluding carboxylic acids is 1. The summed E-state index contributed by atoms with van der Waals surface area (Å²) >= 11 is 0. The Kier molecular flexibility index (Phi) is 7.93. The van der Waals surface area contributed by atoms with Crippen LogP contribution in [0, 0.1) is 0 Å². The number of aliphatic hydroxyl groups is 1. The number of nitrogens with one attached hydrogen (secondary N) is 3. The first-order valence-electron chi connectivity index (χ1n) is 10.9. The Hall–Kier alpha value is -3.29. The van der Waals surface area contributed by atoms with Crippen LogP contribution in [0.1, 0.15) is 38.2 Å². The Bertz CT molecular complexity index is 1310. The van der Waals surface area contributed by atoms with Crippen LogP contribution in [0.25, 0.3) is 0 Å². The van der Waals surface area contributed by atoms with Gasteiger partial charge in [0.1, 0.15) is 11.4 Å². The smallest absolute Gasteiger partial charge is 0.330 e. The van der Waals surface area contributed by atoms with E-state index in [1.165, 1.54) is 24.3 Å². The molecule has 11 nitrogen and oxygen atoms in total. The van der Waals surface area contributed by atoms with Crippen LogP contribution in [0.3, 0.4) is 0 Å². The molecule has 1 unspecified atom stereocenters. The van der Waals surface area contributed by atoms with Gasteiger partial charge in [0.25, 0.3) is 0 Å². The topological polar surface area (TPSA) is 165 Å². The van der Waals surface area contributed by atoms with Gasteiger partial charge in [-0.15, -0.1) is 0 Å². The second-order valence-electron chi connectivity index (χ2n) is 7.88. The summed E-state index contributed by atoms with van der Waals surface area (Å²) in [5.41, 5.74) is 0.430. The molecule has 0 aliphatic carbocycles. The van der Waals surface area contributed by atoms with Gasteiger partial charge in [0.15, 0.2) is 0 Å². The number of sulfonamides is 1. The third-order valence-electron chi connectivity index (χ3n) is 5.52. The molecule has 0 fully saturated rings. The molecule has 1 amide bonds. The number of benzene rings is 2. The molecule has 2 aromatic carbocycles. The molecule has 0 saturated heterocycles. The molecule has 0 aromatic heterocycles. The highest BCUT2D eigenvalue weighted by Gasteiger charge is 2.32. The highest BCUT2D eigenvalue weighted by Crippen LogP contribution is 2.36. The Morgan fingerprint density at radius 3 is 2.34 bits per heavy atom. The Labute approximate surface area is 204 Å². The summed E-state index contributed by atoms with van der Waals surface area (Å²) in [6.45, 7) is 3.51. The average molecular weight is 525 g/mol. The SMILES string of the molecule is CCC(=O)NC[C@@H](NS(=O)(=O)c1ccccc1)C(CC)c1ccc(N2C=C(O)NS2(=O)=O)c(O)c1. The molecule has 2 atom stereocenters. The van der Waals surface area contributed by atoms with E-state index < -0.39 is 38.1 Å². The van der Waals surface area contributed by atoms with Gasteiger partial charge in [-0.3, -0.25) is 4.79 Å². The standard InChI is InChI=1S/C22H28N4O7S2/c1-3-17(15-10-11-19(20(27)12-15)26-14-22(29)25-35(26,32)33)18(13-23-21(28)4-2)24-34(30,31)16-8-6-5-7-9-16/h5-12,14,17-18,24-25,27,29H,3-4,13H2,1-2H3,(H,23,28)/t17?,18-/m1/s1. The molecule has 5 N–H and O–H groups in total. The van der Waals surface area contributed by atoms with E-state index in [-0.39, 0.29) is 35.2 Å². The minimum Gasteiger partial charge on any atom is -0.506 e. The fourth-order valence-corrected chi connectivity index (χ4v) is 6.14. The van der Waals surface area contributed by atoms with Crippen molar-refractivity contribution in [2.24, 2.45) is 0 Å². The number of rotatable bonds is 10. The molecule has 0 saturated carbocycles. The summed E-state index contributed by atoms with van der Waals surface area (Å²) < 4.78 is 55.6. The summed E-state index contributed by atoms with van der Waals surface area (Å²) in [6, 6.07) is 11.3. The number of phenols is 1. The Balaban J connectivity index is 1.95. The van der Waals surface area contributed by atoms with Gasteiger partial charge in [0, 0.05) is 24.9 Å². The molecule has 1 aliphatic heterocycles. The van der Waals surface area contributed by atoms with Crippen molar-refractivity contribution in [3.8, 4) is 5.75 Å². The molecule has 0 spiro atoms. The van der Waals surface area contributed by atoms with Crippen LogP contribution in [0.5, 0.6) is 5.75 Å². The van der Waals surface area contributed by atoms with Crippen LogP contribution in [0.4, 0.5) is 5.69 Å². The molecule has 0 bridgehead atoms. The predicted octanol–water partition coefficient (Wildman–Crippen LogP) is 1.77. The van der Waals surface area contributed by atoms with Crippen molar-refractivity contribution in [3.63, 3.8) is 0 Å². The minimum atomic E-state index is -4.10. The zero-order chi connectivity index (χ0) is 25.8. The molecule has 2 aromatic rings. The number of amides is 1. The van der Waals surface area contributed by atoms with Gasteiger partial charge in [0.2, 0.25) is 21.8 Å². The normalized spacial score (nSPS) is 16.7. The van der Waals surface area contributed by atoms with Gasteiger partial charge in [-0.2, -0.15) is 8.42 Å². The first kappa shape index (κ1) is 26.3. The fourth-order valence-electron chi connectivity index (χ4n) is 3.78. The van der Waals surface area contributed by atoms with Crippen molar-refractivity contribution in [1.82, 2.24) is 14.8 Å². The second-order valence-corrected chi connectivity index (χ2v) is 11.1. The van der Waals surface area contributed by atoms with Crippen LogP contribution in [-0.2, 0) is 25.0 Å². The molecule has 1 aliphatic rings. The van der Waals surface area contributed by atoms with Crippen LogP contribution in [-0.4, -0.2) is 45.5 Å². The summed E-state index contributed by atoms with van der Waals surface area (Å²) in [5, 5.41) is 22.8. The number of aliphatic hydroxyl groups excluding tert-OH is 1. The summed E-state index contributed by atoms with van der Waals surface area (Å²) in [5.74, 6) is -1.72. The fraction of sp³-hybridized carbons (Fsp3) is 0.318. The van der Waals surface area contributed by atoms with E-state index in [4.69, 9.17) is 0 Å². The van der Waals surface area contributed by atoms with Crippen molar-refractivity contribution in [2.45, 2.75) is 43.5 Å². The first-order chi connectivity index (χ1) is 16.5.